The number of carbonyl (C=O) groups excluding carboxylic acids is 1. The van der Waals surface area contributed by atoms with Gasteiger partial charge in [-0.05, 0) is 16.3 Å². The molecule has 0 fully saturated rings. The Morgan fingerprint density at radius 1 is 1.16 bits per heavy atom. The SMILES string of the molecule is O=CC(Cn1cncn1)c1cccc2ccccc12. The van der Waals surface area contributed by atoms with Crippen molar-refractivity contribution in [3.05, 3.63) is 60.7 Å². The maximum absolute atomic E-state index is 11.4. The molecule has 0 aliphatic heterocycles. The molecule has 94 valence electrons. The first kappa shape index (κ1) is 11.6. The Balaban J connectivity index is 2.04. The fraction of sp³-hybridized carbons (Fsp3) is 0.133. The lowest BCUT2D eigenvalue weighted by atomic mass is 9.94. The molecule has 3 aromatic rings. The average Bonchev–Trinajstić information content (AvgIpc) is 2.97. The van der Waals surface area contributed by atoms with Gasteiger partial charge >= 0.3 is 0 Å². The minimum absolute atomic E-state index is 0.215. The van der Waals surface area contributed by atoms with Crippen LogP contribution >= 0.6 is 0 Å². The number of nitrogens with zero attached hydrogens (tertiary/aromatic N) is 3. The fourth-order valence-corrected chi connectivity index (χ4v) is 2.32. The lowest BCUT2D eigenvalue weighted by Crippen LogP contribution is -2.11. The highest BCUT2D eigenvalue weighted by Gasteiger charge is 2.14. The first-order valence-electron chi connectivity index (χ1n) is 6.14. The van der Waals surface area contributed by atoms with Gasteiger partial charge in [0.05, 0.1) is 12.5 Å². The van der Waals surface area contributed by atoms with Crippen LogP contribution in [0.15, 0.2) is 55.1 Å². The van der Waals surface area contributed by atoms with Gasteiger partial charge in [-0.3, -0.25) is 4.68 Å². The molecule has 0 spiro atoms. The van der Waals surface area contributed by atoms with E-state index in [9.17, 15) is 4.79 Å². The van der Waals surface area contributed by atoms with Gasteiger partial charge in [0.15, 0.2) is 0 Å². The van der Waals surface area contributed by atoms with Gasteiger partial charge < -0.3 is 4.79 Å². The second kappa shape index (κ2) is 5.02. The molecule has 3 rings (SSSR count). The minimum atomic E-state index is -0.215. The summed E-state index contributed by atoms with van der Waals surface area (Å²) in [5, 5.41) is 6.31. The second-order valence-corrected chi connectivity index (χ2v) is 4.43. The smallest absolute Gasteiger partial charge is 0.137 e. The van der Waals surface area contributed by atoms with Crippen molar-refractivity contribution in [3.63, 3.8) is 0 Å². The van der Waals surface area contributed by atoms with Crippen LogP contribution in [0.5, 0.6) is 0 Å². The molecule has 19 heavy (non-hydrogen) atoms. The summed E-state index contributed by atoms with van der Waals surface area (Å²) < 4.78 is 1.68. The Morgan fingerprint density at radius 2 is 2.00 bits per heavy atom. The van der Waals surface area contributed by atoms with Gasteiger partial charge in [-0.15, -0.1) is 0 Å². The highest BCUT2D eigenvalue weighted by atomic mass is 16.1. The molecule has 0 N–H and O–H groups in total. The van der Waals surface area contributed by atoms with Crippen LogP contribution in [0.2, 0.25) is 0 Å². The number of fused-ring (bicyclic) bond motifs is 1. The molecule has 1 atom stereocenters. The van der Waals surface area contributed by atoms with Crippen molar-refractivity contribution in [1.82, 2.24) is 14.8 Å². The summed E-state index contributed by atoms with van der Waals surface area (Å²) >= 11 is 0. The van der Waals surface area contributed by atoms with Crippen molar-refractivity contribution in [2.75, 3.05) is 0 Å². The van der Waals surface area contributed by atoms with Crippen LogP contribution in [0.1, 0.15) is 11.5 Å². The summed E-state index contributed by atoms with van der Waals surface area (Å²) in [4.78, 5) is 15.3. The average molecular weight is 251 g/mol. The predicted molar refractivity (Wildman–Crippen MR) is 72.8 cm³/mol. The normalized spacial score (nSPS) is 12.4. The van der Waals surface area contributed by atoms with Crippen LogP contribution < -0.4 is 0 Å². The zero-order chi connectivity index (χ0) is 13.1. The van der Waals surface area contributed by atoms with Crippen LogP contribution in [-0.2, 0) is 11.3 Å². The van der Waals surface area contributed by atoms with Crippen LogP contribution in [-0.4, -0.2) is 21.1 Å². The Bertz CT molecular complexity index is 686. The Kier molecular flexibility index (Phi) is 3.06. The maximum atomic E-state index is 11.4. The van der Waals surface area contributed by atoms with Gasteiger partial charge in [0.1, 0.15) is 18.9 Å². The minimum Gasteiger partial charge on any atom is -0.303 e. The molecular formula is C15H13N3O. The lowest BCUT2D eigenvalue weighted by molar-refractivity contribution is -0.109. The standard InChI is InChI=1S/C15H13N3O/c19-9-13(8-18-11-16-10-17-18)15-7-3-5-12-4-1-2-6-14(12)15/h1-7,9-11,13H,8H2. The third-order valence-electron chi connectivity index (χ3n) is 3.24. The lowest BCUT2D eigenvalue weighted by Gasteiger charge is -2.13. The molecule has 0 saturated heterocycles. The van der Waals surface area contributed by atoms with E-state index in [2.05, 4.69) is 22.2 Å². The number of hydrogen-bond acceptors (Lipinski definition) is 3. The van der Waals surface area contributed by atoms with Crippen LogP contribution in [0.25, 0.3) is 10.8 Å². The summed E-state index contributed by atoms with van der Waals surface area (Å²) in [5.74, 6) is -0.215. The van der Waals surface area contributed by atoms with Gasteiger partial charge in [0.2, 0.25) is 0 Å². The molecule has 0 aliphatic carbocycles. The van der Waals surface area contributed by atoms with Gasteiger partial charge in [0, 0.05) is 0 Å². The molecule has 0 amide bonds. The van der Waals surface area contributed by atoms with E-state index in [1.54, 1.807) is 11.0 Å². The predicted octanol–water partition coefficient (Wildman–Crippen LogP) is 2.41. The van der Waals surface area contributed by atoms with E-state index >= 15 is 0 Å². The molecule has 0 saturated carbocycles. The van der Waals surface area contributed by atoms with E-state index in [1.165, 1.54) is 6.33 Å². The van der Waals surface area contributed by atoms with Crippen molar-refractivity contribution < 1.29 is 4.79 Å². The maximum Gasteiger partial charge on any atom is 0.137 e. The molecule has 0 aliphatic rings. The first-order chi connectivity index (χ1) is 9.38. The zero-order valence-corrected chi connectivity index (χ0v) is 10.3. The van der Waals surface area contributed by atoms with Gasteiger partial charge in [-0.2, -0.15) is 5.10 Å². The molecule has 1 heterocycles. The largest absolute Gasteiger partial charge is 0.303 e. The van der Waals surface area contributed by atoms with Gasteiger partial charge in [-0.1, -0.05) is 42.5 Å². The number of rotatable bonds is 4. The van der Waals surface area contributed by atoms with E-state index in [-0.39, 0.29) is 5.92 Å². The Morgan fingerprint density at radius 3 is 2.79 bits per heavy atom. The summed E-state index contributed by atoms with van der Waals surface area (Å²) in [5.41, 5.74) is 1.03. The number of hydrogen-bond donors (Lipinski definition) is 0. The third kappa shape index (κ3) is 2.25. The first-order valence-corrected chi connectivity index (χ1v) is 6.14. The van der Waals surface area contributed by atoms with Crippen LogP contribution in [0.4, 0.5) is 0 Å². The van der Waals surface area contributed by atoms with Crippen molar-refractivity contribution >= 4 is 17.1 Å². The monoisotopic (exact) mass is 251 g/mol. The van der Waals surface area contributed by atoms with E-state index in [1.807, 2.05) is 30.3 Å². The molecule has 0 radical (unpaired) electrons. The topological polar surface area (TPSA) is 47.8 Å². The quantitative estimate of drug-likeness (QED) is 0.669. The molecule has 4 nitrogen and oxygen atoms in total. The Hall–Kier alpha value is -2.49. The summed E-state index contributed by atoms with van der Waals surface area (Å²) in [7, 11) is 0. The summed E-state index contributed by atoms with van der Waals surface area (Å²) in [6, 6.07) is 14.1. The number of aromatic nitrogens is 3. The van der Waals surface area contributed by atoms with Crippen molar-refractivity contribution in [2.45, 2.75) is 12.5 Å². The van der Waals surface area contributed by atoms with Crippen molar-refractivity contribution in [3.8, 4) is 0 Å². The molecule has 4 heteroatoms. The van der Waals surface area contributed by atoms with Crippen LogP contribution in [0.3, 0.4) is 0 Å². The fourth-order valence-electron chi connectivity index (χ4n) is 2.32. The number of benzene rings is 2. The molecule has 1 unspecified atom stereocenters. The highest BCUT2D eigenvalue weighted by molar-refractivity contribution is 5.88. The number of carbonyl (C=O) groups is 1. The molecular weight excluding hydrogens is 238 g/mol. The van der Waals surface area contributed by atoms with E-state index in [0.29, 0.717) is 6.54 Å². The van der Waals surface area contributed by atoms with Gasteiger partial charge in [-0.25, -0.2) is 4.98 Å². The van der Waals surface area contributed by atoms with Crippen molar-refractivity contribution in [1.29, 1.82) is 0 Å². The summed E-state index contributed by atoms with van der Waals surface area (Å²) in [6.07, 6.45) is 4.08. The number of aldehydes is 1. The Labute approximate surface area is 110 Å². The van der Waals surface area contributed by atoms with Crippen molar-refractivity contribution in [2.24, 2.45) is 0 Å². The van der Waals surface area contributed by atoms with E-state index in [0.717, 1.165) is 22.6 Å². The summed E-state index contributed by atoms with van der Waals surface area (Å²) in [6.45, 7) is 0.511. The van der Waals surface area contributed by atoms with E-state index < -0.39 is 0 Å². The zero-order valence-electron chi connectivity index (χ0n) is 10.3. The second-order valence-electron chi connectivity index (χ2n) is 4.43. The molecule has 0 bridgehead atoms. The van der Waals surface area contributed by atoms with E-state index in [4.69, 9.17) is 0 Å². The molecule has 1 aromatic heterocycles. The van der Waals surface area contributed by atoms with Crippen LogP contribution in [0, 0.1) is 0 Å². The molecule has 2 aromatic carbocycles. The third-order valence-corrected chi connectivity index (χ3v) is 3.24. The highest BCUT2D eigenvalue weighted by Crippen LogP contribution is 2.25. The van der Waals surface area contributed by atoms with Gasteiger partial charge in [0.25, 0.3) is 0 Å².